The van der Waals surface area contributed by atoms with Gasteiger partial charge in [-0.25, -0.2) is 4.79 Å². The lowest BCUT2D eigenvalue weighted by molar-refractivity contribution is -0.148. The molecule has 2 amide bonds. The maximum Gasteiger partial charge on any atom is 0.328 e. The molecule has 0 aliphatic carbocycles. The first-order chi connectivity index (χ1) is 6.52. The van der Waals surface area contributed by atoms with Crippen LogP contribution in [0.4, 0.5) is 0 Å². The summed E-state index contributed by atoms with van der Waals surface area (Å²) in [4.78, 5) is 32.4. The first-order valence-corrected chi connectivity index (χ1v) is 4.29. The summed E-state index contributed by atoms with van der Waals surface area (Å²) in [6.45, 7) is 3.56. The van der Waals surface area contributed by atoms with Gasteiger partial charge in [-0.05, 0) is 13.3 Å². The summed E-state index contributed by atoms with van der Waals surface area (Å²) in [5.74, 6) is -2.66. The Balaban J connectivity index is 4.21. The van der Waals surface area contributed by atoms with Gasteiger partial charge in [-0.1, -0.05) is 6.92 Å². The maximum atomic E-state index is 11.1. The minimum absolute atomic E-state index is 0.224. The van der Waals surface area contributed by atoms with E-state index >= 15 is 0 Å². The van der Waals surface area contributed by atoms with Crippen LogP contribution in [-0.2, 0) is 19.1 Å². The SMILES string of the molecule is CCOC(=O)C(CC)NC(=O)C(N)=O. The van der Waals surface area contributed by atoms with Crippen LogP contribution in [0.25, 0.3) is 0 Å². The second-order valence-electron chi connectivity index (χ2n) is 2.55. The van der Waals surface area contributed by atoms with Crippen molar-refractivity contribution < 1.29 is 19.1 Å². The predicted molar refractivity (Wildman–Crippen MR) is 48.0 cm³/mol. The van der Waals surface area contributed by atoms with Crippen LogP contribution in [0, 0.1) is 0 Å². The van der Waals surface area contributed by atoms with Crippen molar-refractivity contribution in [1.82, 2.24) is 5.32 Å². The van der Waals surface area contributed by atoms with Crippen LogP contribution in [0.15, 0.2) is 0 Å². The van der Waals surface area contributed by atoms with E-state index in [2.05, 4.69) is 10.1 Å². The molecule has 0 radical (unpaired) electrons. The number of nitrogens with two attached hydrogens (primary N) is 1. The van der Waals surface area contributed by atoms with E-state index in [1.807, 2.05) is 0 Å². The number of rotatable bonds is 4. The van der Waals surface area contributed by atoms with Crippen molar-refractivity contribution in [3.8, 4) is 0 Å². The van der Waals surface area contributed by atoms with Crippen molar-refractivity contribution in [3.05, 3.63) is 0 Å². The molecule has 1 atom stereocenters. The summed E-state index contributed by atoms with van der Waals surface area (Å²) in [6.07, 6.45) is 0.345. The first-order valence-electron chi connectivity index (χ1n) is 4.29. The highest BCUT2D eigenvalue weighted by Gasteiger charge is 2.21. The highest BCUT2D eigenvalue weighted by Crippen LogP contribution is 1.94. The molecule has 0 aliphatic heterocycles. The average molecular weight is 202 g/mol. The van der Waals surface area contributed by atoms with Crippen molar-refractivity contribution in [2.45, 2.75) is 26.3 Å². The fraction of sp³-hybridized carbons (Fsp3) is 0.625. The molecule has 0 aromatic carbocycles. The zero-order valence-electron chi connectivity index (χ0n) is 8.20. The topological polar surface area (TPSA) is 98.5 Å². The van der Waals surface area contributed by atoms with Gasteiger partial charge in [0.05, 0.1) is 6.61 Å². The van der Waals surface area contributed by atoms with Crippen molar-refractivity contribution in [2.75, 3.05) is 6.61 Å². The van der Waals surface area contributed by atoms with Gasteiger partial charge >= 0.3 is 17.8 Å². The molecule has 0 aliphatic rings. The molecule has 0 heterocycles. The van der Waals surface area contributed by atoms with E-state index in [1.54, 1.807) is 13.8 Å². The van der Waals surface area contributed by atoms with Gasteiger partial charge in [0.1, 0.15) is 6.04 Å². The molecule has 0 rings (SSSR count). The highest BCUT2D eigenvalue weighted by atomic mass is 16.5. The number of hydrogen-bond donors (Lipinski definition) is 2. The number of primary amides is 1. The molecule has 6 heteroatoms. The van der Waals surface area contributed by atoms with Crippen LogP contribution >= 0.6 is 0 Å². The molecule has 0 saturated carbocycles. The number of ether oxygens (including phenoxy) is 1. The molecule has 3 N–H and O–H groups in total. The highest BCUT2D eigenvalue weighted by molar-refractivity contribution is 6.34. The monoisotopic (exact) mass is 202 g/mol. The van der Waals surface area contributed by atoms with Gasteiger partial charge in [-0.3, -0.25) is 9.59 Å². The normalized spacial score (nSPS) is 11.6. The Bertz CT molecular complexity index is 239. The van der Waals surface area contributed by atoms with E-state index in [0.29, 0.717) is 6.42 Å². The predicted octanol–water partition coefficient (Wildman–Crippen LogP) is -1.07. The van der Waals surface area contributed by atoms with Crippen LogP contribution in [-0.4, -0.2) is 30.4 Å². The fourth-order valence-electron chi connectivity index (χ4n) is 0.800. The summed E-state index contributed by atoms with van der Waals surface area (Å²) < 4.78 is 4.67. The minimum Gasteiger partial charge on any atom is -0.464 e. The standard InChI is InChI=1S/C8H14N2O4/c1-3-5(8(13)14-4-2)10-7(12)6(9)11/h5H,3-4H2,1-2H3,(H2,9,11)(H,10,12). The van der Waals surface area contributed by atoms with E-state index in [4.69, 9.17) is 5.73 Å². The van der Waals surface area contributed by atoms with Gasteiger partial charge in [-0.15, -0.1) is 0 Å². The number of esters is 1. The lowest BCUT2D eigenvalue weighted by Crippen LogP contribution is -2.46. The molecule has 0 aromatic heterocycles. The Morgan fingerprint density at radius 3 is 2.29 bits per heavy atom. The van der Waals surface area contributed by atoms with E-state index < -0.39 is 23.8 Å². The molecular formula is C8H14N2O4. The summed E-state index contributed by atoms with van der Waals surface area (Å²) in [7, 11) is 0. The fourth-order valence-corrected chi connectivity index (χ4v) is 0.800. The van der Waals surface area contributed by atoms with Crippen molar-refractivity contribution in [2.24, 2.45) is 5.73 Å². The van der Waals surface area contributed by atoms with Gasteiger partial charge < -0.3 is 15.8 Å². The van der Waals surface area contributed by atoms with Gasteiger partial charge in [0.25, 0.3) is 0 Å². The lowest BCUT2D eigenvalue weighted by Gasteiger charge is -2.13. The molecule has 1 unspecified atom stereocenters. The largest absolute Gasteiger partial charge is 0.464 e. The summed E-state index contributed by atoms with van der Waals surface area (Å²) in [5.41, 5.74) is 4.71. The third-order valence-electron chi connectivity index (χ3n) is 1.51. The summed E-state index contributed by atoms with van der Waals surface area (Å²) >= 11 is 0. The average Bonchev–Trinajstić information content (AvgIpc) is 2.13. The Morgan fingerprint density at radius 1 is 1.36 bits per heavy atom. The number of carbonyl (C=O) groups is 3. The Hall–Kier alpha value is -1.59. The van der Waals surface area contributed by atoms with Gasteiger partial charge in [0, 0.05) is 0 Å². The van der Waals surface area contributed by atoms with Gasteiger partial charge in [0.2, 0.25) is 0 Å². The molecular weight excluding hydrogens is 188 g/mol. The van der Waals surface area contributed by atoms with Crippen LogP contribution in [0.5, 0.6) is 0 Å². The quantitative estimate of drug-likeness (QED) is 0.448. The smallest absolute Gasteiger partial charge is 0.328 e. The van der Waals surface area contributed by atoms with E-state index in [1.165, 1.54) is 0 Å². The van der Waals surface area contributed by atoms with E-state index in [9.17, 15) is 14.4 Å². The molecule has 0 aromatic rings. The van der Waals surface area contributed by atoms with Crippen LogP contribution in [0.1, 0.15) is 20.3 Å². The maximum absolute atomic E-state index is 11.1. The number of hydrogen-bond acceptors (Lipinski definition) is 4. The Labute approximate surface area is 81.8 Å². The van der Waals surface area contributed by atoms with Gasteiger partial charge in [-0.2, -0.15) is 0 Å². The third-order valence-corrected chi connectivity index (χ3v) is 1.51. The van der Waals surface area contributed by atoms with E-state index in [-0.39, 0.29) is 6.61 Å². The summed E-state index contributed by atoms with van der Waals surface area (Å²) in [6, 6.07) is -0.810. The number of amides is 2. The third kappa shape index (κ3) is 3.88. The molecule has 14 heavy (non-hydrogen) atoms. The molecule has 80 valence electrons. The minimum atomic E-state index is -1.12. The summed E-state index contributed by atoms with van der Waals surface area (Å²) in [5, 5.41) is 2.16. The molecule has 0 bridgehead atoms. The second-order valence-corrected chi connectivity index (χ2v) is 2.55. The Morgan fingerprint density at radius 2 is 1.93 bits per heavy atom. The van der Waals surface area contributed by atoms with Gasteiger partial charge in [0.15, 0.2) is 0 Å². The number of nitrogens with one attached hydrogen (secondary N) is 1. The molecule has 0 saturated heterocycles. The number of carbonyl (C=O) groups excluding carboxylic acids is 3. The zero-order chi connectivity index (χ0) is 11.1. The zero-order valence-corrected chi connectivity index (χ0v) is 8.20. The van der Waals surface area contributed by atoms with Crippen LogP contribution in [0.3, 0.4) is 0 Å². The van der Waals surface area contributed by atoms with Crippen molar-refractivity contribution in [1.29, 1.82) is 0 Å². The van der Waals surface area contributed by atoms with Crippen molar-refractivity contribution >= 4 is 17.8 Å². The van der Waals surface area contributed by atoms with Crippen molar-refractivity contribution in [3.63, 3.8) is 0 Å². The lowest BCUT2D eigenvalue weighted by atomic mass is 10.2. The first kappa shape index (κ1) is 12.4. The molecule has 0 fully saturated rings. The molecule has 0 spiro atoms. The van der Waals surface area contributed by atoms with Crippen LogP contribution < -0.4 is 11.1 Å². The molecule has 6 nitrogen and oxygen atoms in total. The van der Waals surface area contributed by atoms with E-state index in [0.717, 1.165) is 0 Å². The second kappa shape index (κ2) is 5.95. The van der Waals surface area contributed by atoms with Crippen LogP contribution in [0.2, 0.25) is 0 Å². The Kier molecular flexibility index (Phi) is 5.28.